The summed E-state index contributed by atoms with van der Waals surface area (Å²) in [6.45, 7) is 7.42. The molecule has 0 fully saturated rings. The van der Waals surface area contributed by atoms with Gasteiger partial charge in [-0.15, -0.1) is 0 Å². The highest BCUT2D eigenvalue weighted by Crippen LogP contribution is 2.27. The summed E-state index contributed by atoms with van der Waals surface area (Å²) in [5.41, 5.74) is 8.36. The van der Waals surface area contributed by atoms with Crippen LogP contribution in [-0.4, -0.2) is 9.55 Å². The van der Waals surface area contributed by atoms with Crippen LogP contribution in [0.2, 0.25) is 0 Å². The number of rotatable bonds is 5. The minimum absolute atomic E-state index is 0.344. The Balaban J connectivity index is 2.58. The SMILES string of the molecule is CCCn1c(C(C)(N)CCC)nc2ccccc21. The van der Waals surface area contributed by atoms with Crippen molar-refractivity contribution in [2.75, 3.05) is 0 Å². The van der Waals surface area contributed by atoms with Crippen molar-refractivity contribution >= 4 is 11.0 Å². The lowest BCUT2D eigenvalue weighted by atomic mass is 9.96. The Bertz CT molecular complexity index is 526. The van der Waals surface area contributed by atoms with Gasteiger partial charge in [0, 0.05) is 6.54 Å². The third-order valence-electron chi connectivity index (χ3n) is 3.38. The second-order valence-electron chi connectivity index (χ2n) is 5.24. The Labute approximate surface area is 109 Å². The number of hydrogen-bond donors (Lipinski definition) is 1. The first kappa shape index (κ1) is 13.1. The van der Waals surface area contributed by atoms with Crippen LogP contribution >= 0.6 is 0 Å². The Morgan fingerprint density at radius 2 is 1.94 bits per heavy atom. The van der Waals surface area contributed by atoms with E-state index in [4.69, 9.17) is 10.7 Å². The quantitative estimate of drug-likeness (QED) is 0.877. The van der Waals surface area contributed by atoms with Gasteiger partial charge < -0.3 is 10.3 Å². The summed E-state index contributed by atoms with van der Waals surface area (Å²) in [4.78, 5) is 4.76. The molecule has 0 spiro atoms. The molecule has 2 rings (SSSR count). The molecule has 1 aromatic heterocycles. The third-order valence-corrected chi connectivity index (χ3v) is 3.38. The molecule has 0 aliphatic heterocycles. The second-order valence-corrected chi connectivity index (χ2v) is 5.24. The summed E-state index contributed by atoms with van der Waals surface area (Å²) >= 11 is 0. The van der Waals surface area contributed by atoms with Gasteiger partial charge in [-0.2, -0.15) is 0 Å². The van der Waals surface area contributed by atoms with Crippen LogP contribution in [-0.2, 0) is 12.1 Å². The molecule has 1 aromatic carbocycles. The number of aromatic nitrogens is 2. The van der Waals surface area contributed by atoms with E-state index in [1.807, 2.05) is 6.07 Å². The van der Waals surface area contributed by atoms with Crippen molar-refractivity contribution in [1.29, 1.82) is 0 Å². The molecule has 18 heavy (non-hydrogen) atoms. The highest BCUT2D eigenvalue weighted by molar-refractivity contribution is 5.76. The summed E-state index contributed by atoms with van der Waals surface area (Å²) in [5.74, 6) is 1.02. The van der Waals surface area contributed by atoms with Crippen molar-refractivity contribution in [2.24, 2.45) is 5.73 Å². The Kier molecular flexibility index (Phi) is 3.71. The van der Waals surface area contributed by atoms with E-state index >= 15 is 0 Å². The van der Waals surface area contributed by atoms with E-state index in [1.165, 1.54) is 5.52 Å². The van der Waals surface area contributed by atoms with Gasteiger partial charge in [0.2, 0.25) is 0 Å². The van der Waals surface area contributed by atoms with Crippen LogP contribution in [0.4, 0.5) is 0 Å². The molecule has 0 bridgehead atoms. The number of nitrogens with two attached hydrogens (primary N) is 1. The molecule has 0 saturated heterocycles. The monoisotopic (exact) mass is 245 g/mol. The van der Waals surface area contributed by atoms with Crippen LogP contribution in [0.15, 0.2) is 24.3 Å². The number of benzene rings is 1. The lowest BCUT2D eigenvalue weighted by molar-refractivity contribution is 0.400. The van der Waals surface area contributed by atoms with Gasteiger partial charge in [-0.25, -0.2) is 4.98 Å². The van der Waals surface area contributed by atoms with Gasteiger partial charge in [0.15, 0.2) is 0 Å². The number of aryl methyl sites for hydroxylation is 1. The van der Waals surface area contributed by atoms with Gasteiger partial charge in [0.1, 0.15) is 5.82 Å². The van der Waals surface area contributed by atoms with Gasteiger partial charge in [-0.05, 0) is 31.9 Å². The van der Waals surface area contributed by atoms with Gasteiger partial charge in [-0.3, -0.25) is 0 Å². The molecule has 1 unspecified atom stereocenters. The zero-order chi connectivity index (χ0) is 13.2. The molecule has 2 N–H and O–H groups in total. The highest BCUT2D eigenvalue weighted by atomic mass is 15.1. The first-order valence-electron chi connectivity index (χ1n) is 6.84. The smallest absolute Gasteiger partial charge is 0.129 e. The lowest BCUT2D eigenvalue weighted by Gasteiger charge is -2.24. The van der Waals surface area contributed by atoms with E-state index < -0.39 is 0 Å². The van der Waals surface area contributed by atoms with Crippen molar-refractivity contribution in [3.8, 4) is 0 Å². The fourth-order valence-electron chi connectivity index (χ4n) is 2.59. The predicted octanol–water partition coefficient (Wildman–Crippen LogP) is 3.42. The van der Waals surface area contributed by atoms with E-state index in [9.17, 15) is 0 Å². The number of fused-ring (bicyclic) bond motifs is 1. The van der Waals surface area contributed by atoms with Crippen LogP contribution in [0.3, 0.4) is 0 Å². The van der Waals surface area contributed by atoms with Crippen LogP contribution in [0.25, 0.3) is 11.0 Å². The summed E-state index contributed by atoms with van der Waals surface area (Å²) < 4.78 is 2.28. The summed E-state index contributed by atoms with van der Waals surface area (Å²) in [6, 6.07) is 8.28. The standard InChI is InChI=1S/C15H23N3/c1-4-10-15(3,16)14-17-12-8-6-7-9-13(12)18(14)11-5-2/h6-9H,4-5,10-11,16H2,1-3H3. The third kappa shape index (κ3) is 2.27. The molecule has 3 nitrogen and oxygen atoms in total. The first-order chi connectivity index (χ1) is 8.60. The molecule has 1 heterocycles. The molecular formula is C15H23N3. The molecule has 1 atom stereocenters. The zero-order valence-corrected chi connectivity index (χ0v) is 11.6. The minimum atomic E-state index is -0.344. The van der Waals surface area contributed by atoms with E-state index in [1.54, 1.807) is 0 Å². The predicted molar refractivity (Wildman–Crippen MR) is 76.5 cm³/mol. The highest BCUT2D eigenvalue weighted by Gasteiger charge is 2.27. The van der Waals surface area contributed by atoms with Crippen LogP contribution < -0.4 is 5.73 Å². The van der Waals surface area contributed by atoms with E-state index in [-0.39, 0.29) is 5.54 Å². The Morgan fingerprint density at radius 3 is 2.61 bits per heavy atom. The lowest BCUT2D eigenvalue weighted by Crippen LogP contribution is -2.36. The normalized spacial score (nSPS) is 14.9. The van der Waals surface area contributed by atoms with Crippen molar-refractivity contribution in [2.45, 2.75) is 52.1 Å². The Hall–Kier alpha value is -1.35. The number of nitrogens with zero attached hydrogens (tertiary/aromatic N) is 2. The van der Waals surface area contributed by atoms with Crippen molar-refractivity contribution in [3.05, 3.63) is 30.1 Å². The summed E-state index contributed by atoms with van der Waals surface area (Å²) in [5, 5.41) is 0. The molecule has 98 valence electrons. The van der Waals surface area contributed by atoms with E-state index in [0.29, 0.717) is 0 Å². The maximum atomic E-state index is 6.46. The number of hydrogen-bond acceptors (Lipinski definition) is 2. The number of imidazole rings is 1. The largest absolute Gasteiger partial charge is 0.326 e. The van der Waals surface area contributed by atoms with Gasteiger partial charge in [-0.1, -0.05) is 32.4 Å². The van der Waals surface area contributed by atoms with Crippen molar-refractivity contribution in [3.63, 3.8) is 0 Å². The molecule has 0 aliphatic carbocycles. The maximum absolute atomic E-state index is 6.46. The molecule has 0 aliphatic rings. The van der Waals surface area contributed by atoms with E-state index in [2.05, 4.69) is 43.5 Å². The number of para-hydroxylation sites is 2. The van der Waals surface area contributed by atoms with Gasteiger partial charge in [0.05, 0.1) is 16.6 Å². The molecule has 0 saturated carbocycles. The maximum Gasteiger partial charge on any atom is 0.129 e. The van der Waals surface area contributed by atoms with E-state index in [0.717, 1.165) is 37.1 Å². The van der Waals surface area contributed by atoms with Crippen molar-refractivity contribution in [1.82, 2.24) is 9.55 Å². The van der Waals surface area contributed by atoms with Crippen LogP contribution in [0.1, 0.15) is 45.9 Å². The topological polar surface area (TPSA) is 43.8 Å². The zero-order valence-electron chi connectivity index (χ0n) is 11.6. The van der Waals surface area contributed by atoms with Crippen molar-refractivity contribution < 1.29 is 0 Å². The molecule has 0 radical (unpaired) electrons. The molecular weight excluding hydrogens is 222 g/mol. The second kappa shape index (κ2) is 5.11. The summed E-state index contributed by atoms with van der Waals surface area (Å²) in [6.07, 6.45) is 3.12. The molecule has 3 heteroatoms. The fourth-order valence-corrected chi connectivity index (χ4v) is 2.59. The van der Waals surface area contributed by atoms with Gasteiger partial charge >= 0.3 is 0 Å². The fraction of sp³-hybridized carbons (Fsp3) is 0.533. The van der Waals surface area contributed by atoms with Gasteiger partial charge in [0.25, 0.3) is 0 Å². The molecule has 2 aromatic rings. The molecule has 0 amide bonds. The Morgan fingerprint density at radius 1 is 1.22 bits per heavy atom. The average Bonchev–Trinajstić information content (AvgIpc) is 2.70. The average molecular weight is 245 g/mol. The summed E-state index contributed by atoms with van der Waals surface area (Å²) in [7, 11) is 0. The van der Waals surface area contributed by atoms with Crippen LogP contribution in [0.5, 0.6) is 0 Å². The first-order valence-corrected chi connectivity index (χ1v) is 6.84. The minimum Gasteiger partial charge on any atom is -0.326 e. The van der Waals surface area contributed by atoms with Crippen LogP contribution in [0, 0.1) is 0 Å².